The fraction of sp³-hybridized carbons (Fsp3) is 0.250. The Kier molecular flexibility index (Phi) is 5.31. The molecule has 2 amide bonds. The molecule has 0 radical (unpaired) electrons. The number of aryl methyl sites for hydroxylation is 1. The number of imidazole rings is 1. The van der Waals surface area contributed by atoms with E-state index in [1.165, 1.54) is 0 Å². The lowest BCUT2D eigenvalue weighted by atomic mass is 10.1. The molecule has 0 aliphatic carbocycles. The van der Waals surface area contributed by atoms with Gasteiger partial charge in [0.25, 0.3) is 5.91 Å². The van der Waals surface area contributed by atoms with Gasteiger partial charge >= 0.3 is 0 Å². The molecule has 0 saturated heterocycles. The number of nitrogens with one attached hydrogen (secondary N) is 3. The molecule has 1 aromatic heterocycles. The normalized spacial score (nSPS) is 11.9. The number of para-hydroxylation sites is 2. The molecule has 0 fully saturated rings. The quantitative estimate of drug-likeness (QED) is 0.638. The second-order valence-corrected chi connectivity index (χ2v) is 6.31. The zero-order valence-corrected chi connectivity index (χ0v) is 14.9. The number of hydrogen-bond acceptors (Lipinski definition) is 3. The summed E-state index contributed by atoms with van der Waals surface area (Å²) in [6.07, 6.45) is 0.596. The van der Waals surface area contributed by atoms with E-state index in [2.05, 4.69) is 20.6 Å². The highest BCUT2D eigenvalue weighted by Gasteiger charge is 2.16. The largest absolute Gasteiger partial charge is 0.354 e. The maximum absolute atomic E-state index is 12.2. The lowest BCUT2D eigenvalue weighted by molar-refractivity contribution is -0.122. The third kappa shape index (κ3) is 4.27. The Morgan fingerprint density at radius 2 is 1.96 bits per heavy atom. The van der Waals surface area contributed by atoms with Gasteiger partial charge in [-0.25, -0.2) is 4.98 Å². The molecule has 6 heteroatoms. The van der Waals surface area contributed by atoms with Crippen molar-refractivity contribution in [3.05, 3.63) is 65.5 Å². The van der Waals surface area contributed by atoms with Gasteiger partial charge in [-0.3, -0.25) is 9.59 Å². The number of carbonyl (C=O) groups excluding carboxylic acids is 2. The predicted octanol–water partition coefficient (Wildman–Crippen LogP) is 2.35. The van der Waals surface area contributed by atoms with E-state index in [0.29, 0.717) is 18.5 Å². The Balaban J connectivity index is 1.48. The van der Waals surface area contributed by atoms with Gasteiger partial charge in [0.2, 0.25) is 5.91 Å². The van der Waals surface area contributed by atoms with Crippen molar-refractivity contribution in [3.8, 4) is 0 Å². The number of rotatable bonds is 6. The highest BCUT2D eigenvalue weighted by molar-refractivity contribution is 5.97. The monoisotopic (exact) mass is 350 g/mol. The highest BCUT2D eigenvalue weighted by atomic mass is 16.2. The standard InChI is InChI=1S/C20H22N4O2/c1-13-6-5-7-15(12-13)20(26)22-14(2)19(25)21-11-10-18-23-16-8-3-4-9-17(16)24-18/h3-9,12,14H,10-11H2,1-2H3,(H,21,25)(H,22,26)(H,23,24). The van der Waals surface area contributed by atoms with Gasteiger partial charge in [0.1, 0.15) is 11.9 Å². The molecule has 3 rings (SSSR count). The van der Waals surface area contributed by atoms with E-state index in [9.17, 15) is 9.59 Å². The molecule has 0 spiro atoms. The first-order chi connectivity index (χ1) is 12.5. The predicted molar refractivity (Wildman–Crippen MR) is 101 cm³/mol. The zero-order chi connectivity index (χ0) is 18.5. The molecule has 1 atom stereocenters. The summed E-state index contributed by atoms with van der Waals surface area (Å²) in [6, 6.07) is 14.4. The molecule has 3 N–H and O–H groups in total. The molecule has 134 valence electrons. The number of H-pyrrole nitrogens is 1. The van der Waals surface area contributed by atoms with Crippen molar-refractivity contribution in [2.45, 2.75) is 26.3 Å². The lowest BCUT2D eigenvalue weighted by Crippen LogP contribution is -2.45. The minimum absolute atomic E-state index is 0.220. The average Bonchev–Trinajstić information content (AvgIpc) is 3.04. The summed E-state index contributed by atoms with van der Waals surface area (Å²) >= 11 is 0. The number of aromatic amines is 1. The molecule has 26 heavy (non-hydrogen) atoms. The van der Waals surface area contributed by atoms with Gasteiger partial charge < -0.3 is 15.6 Å². The minimum atomic E-state index is -0.612. The first kappa shape index (κ1) is 17.7. The summed E-state index contributed by atoms with van der Waals surface area (Å²) in [5.41, 5.74) is 3.44. The van der Waals surface area contributed by atoms with Crippen LogP contribution in [0.5, 0.6) is 0 Å². The van der Waals surface area contributed by atoms with Crippen LogP contribution < -0.4 is 10.6 Å². The molecular weight excluding hydrogens is 328 g/mol. The summed E-state index contributed by atoms with van der Waals surface area (Å²) in [5.74, 6) is 0.346. The zero-order valence-electron chi connectivity index (χ0n) is 14.9. The Morgan fingerprint density at radius 1 is 1.15 bits per heavy atom. The van der Waals surface area contributed by atoms with Gasteiger partial charge in [-0.1, -0.05) is 29.8 Å². The summed E-state index contributed by atoms with van der Waals surface area (Å²) in [5, 5.41) is 5.55. The fourth-order valence-electron chi connectivity index (χ4n) is 2.71. The van der Waals surface area contributed by atoms with Crippen LogP contribution in [0.3, 0.4) is 0 Å². The second-order valence-electron chi connectivity index (χ2n) is 6.31. The molecule has 3 aromatic rings. The van der Waals surface area contributed by atoms with Crippen LogP contribution in [0, 0.1) is 6.92 Å². The van der Waals surface area contributed by atoms with Crippen LogP contribution in [0.1, 0.15) is 28.7 Å². The van der Waals surface area contributed by atoms with Crippen LogP contribution in [0.25, 0.3) is 11.0 Å². The third-order valence-electron chi connectivity index (χ3n) is 4.12. The molecule has 1 heterocycles. The molecule has 1 unspecified atom stereocenters. The van der Waals surface area contributed by atoms with Crippen molar-refractivity contribution in [1.82, 2.24) is 20.6 Å². The Bertz CT molecular complexity index is 899. The summed E-state index contributed by atoms with van der Waals surface area (Å²) in [6.45, 7) is 4.04. The lowest BCUT2D eigenvalue weighted by Gasteiger charge is -2.14. The van der Waals surface area contributed by atoms with E-state index in [4.69, 9.17) is 0 Å². The molecule has 0 aliphatic heterocycles. The van der Waals surface area contributed by atoms with Crippen LogP contribution in [-0.2, 0) is 11.2 Å². The van der Waals surface area contributed by atoms with Crippen LogP contribution in [0.4, 0.5) is 0 Å². The van der Waals surface area contributed by atoms with E-state index in [-0.39, 0.29) is 11.8 Å². The second kappa shape index (κ2) is 7.82. The van der Waals surface area contributed by atoms with Gasteiger partial charge in [-0.05, 0) is 38.1 Å². The Hall–Kier alpha value is -3.15. The van der Waals surface area contributed by atoms with Gasteiger partial charge in [-0.2, -0.15) is 0 Å². The van der Waals surface area contributed by atoms with Crippen molar-refractivity contribution in [3.63, 3.8) is 0 Å². The smallest absolute Gasteiger partial charge is 0.251 e. The number of fused-ring (bicyclic) bond motifs is 1. The third-order valence-corrected chi connectivity index (χ3v) is 4.12. The van der Waals surface area contributed by atoms with Crippen LogP contribution in [-0.4, -0.2) is 34.4 Å². The topological polar surface area (TPSA) is 86.9 Å². The molecular formula is C20H22N4O2. The number of aromatic nitrogens is 2. The first-order valence-corrected chi connectivity index (χ1v) is 8.62. The van der Waals surface area contributed by atoms with Crippen molar-refractivity contribution in [1.29, 1.82) is 0 Å². The van der Waals surface area contributed by atoms with Crippen LogP contribution >= 0.6 is 0 Å². The number of carbonyl (C=O) groups is 2. The maximum Gasteiger partial charge on any atom is 0.251 e. The summed E-state index contributed by atoms with van der Waals surface area (Å²) in [4.78, 5) is 32.1. The maximum atomic E-state index is 12.2. The van der Waals surface area contributed by atoms with E-state index < -0.39 is 6.04 Å². The van der Waals surface area contributed by atoms with Crippen LogP contribution in [0.15, 0.2) is 48.5 Å². The average molecular weight is 350 g/mol. The Morgan fingerprint density at radius 3 is 2.73 bits per heavy atom. The SMILES string of the molecule is Cc1cccc(C(=O)NC(C)C(=O)NCCc2nc3ccccc3[nH]2)c1. The van der Waals surface area contributed by atoms with Crippen LogP contribution in [0.2, 0.25) is 0 Å². The molecule has 6 nitrogen and oxygen atoms in total. The van der Waals surface area contributed by atoms with Crippen molar-refractivity contribution in [2.75, 3.05) is 6.54 Å². The van der Waals surface area contributed by atoms with Gasteiger partial charge in [-0.15, -0.1) is 0 Å². The summed E-state index contributed by atoms with van der Waals surface area (Å²) < 4.78 is 0. The van der Waals surface area contributed by atoms with Gasteiger partial charge in [0.05, 0.1) is 11.0 Å². The fourth-order valence-corrected chi connectivity index (χ4v) is 2.71. The van der Waals surface area contributed by atoms with Crippen molar-refractivity contribution in [2.24, 2.45) is 0 Å². The molecule has 0 bridgehead atoms. The van der Waals surface area contributed by atoms with E-state index >= 15 is 0 Å². The number of amides is 2. The van der Waals surface area contributed by atoms with E-state index in [1.54, 1.807) is 19.1 Å². The highest BCUT2D eigenvalue weighted by Crippen LogP contribution is 2.10. The van der Waals surface area contributed by atoms with E-state index in [0.717, 1.165) is 22.4 Å². The Labute approximate surface area is 152 Å². The number of benzene rings is 2. The first-order valence-electron chi connectivity index (χ1n) is 8.62. The molecule has 2 aromatic carbocycles. The van der Waals surface area contributed by atoms with Crippen molar-refractivity contribution < 1.29 is 9.59 Å². The van der Waals surface area contributed by atoms with Crippen molar-refractivity contribution >= 4 is 22.8 Å². The van der Waals surface area contributed by atoms with Gasteiger partial charge in [0, 0.05) is 18.5 Å². The molecule has 0 saturated carbocycles. The van der Waals surface area contributed by atoms with E-state index in [1.807, 2.05) is 43.3 Å². The molecule has 0 aliphatic rings. The summed E-state index contributed by atoms with van der Waals surface area (Å²) in [7, 11) is 0. The number of hydrogen-bond donors (Lipinski definition) is 3. The minimum Gasteiger partial charge on any atom is -0.354 e. The van der Waals surface area contributed by atoms with Gasteiger partial charge in [0.15, 0.2) is 0 Å². The number of nitrogens with zero attached hydrogens (tertiary/aromatic N) is 1.